The summed E-state index contributed by atoms with van der Waals surface area (Å²) in [6, 6.07) is 0. The van der Waals surface area contributed by atoms with Crippen molar-refractivity contribution < 1.29 is 83.5 Å². The maximum absolute atomic E-state index is 12.0. The number of hydrogen-bond acceptors (Lipinski definition) is 14. The fourth-order valence-electron chi connectivity index (χ4n) is 6.55. The second-order valence-corrected chi connectivity index (χ2v) is 14.3. The first-order chi connectivity index (χ1) is 22.8. The zero-order chi connectivity index (χ0) is 38.8. The van der Waals surface area contributed by atoms with Crippen molar-refractivity contribution in [1.82, 2.24) is 0 Å². The lowest BCUT2D eigenvalue weighted by molar-refractivity contribution is -0.315. The van der Waals surface area contributed by atoms with Crippen LogP contribution in [0, 0.1) is 11.8 Å². The molecule has 0 spiro atoms. The number of carbonyl (C=O) groups excluding carboxylic acids is 3. The third-order valence-electron chi connectivity index (χ3n) is 9.59. The van der Waals surface area contributed by atoms with Gasteiger partial charge < -0.3 is 59.5 Å². The second-order valence-electron chi connectivity index (χ2n) is 14.3. The number of carboxylic acid groups (broad SMARTS) is 3. The number of ether oxygens (including phenoxy) is 4. The van der Waals surface area contributed by atoms with Gasteiger partial charge in [-0.1, -0.05) is 0 Å². The van der Waals surface area contributed by atoms with Gasteiger partial charge in [-0.2, -0.15) is 0 Å². The predicted molar refractivity (Wildman–Crippen MR) is 171 cm³/mol. The molecule has 50 heavy (non-hydrogen) atoms. The van der Waals surface area contributed by atoms with Crippen LogP contribution < -0.4 is 0 Å². The Morgan fingerprint density at radius 3 is 1.30 bits per heavy atom. The lowest BCUT2D eigenvalue weighted by Gasteiger charge is -2.59. The summed E-state index contributed by atoms with van der Waals surface area (Å²) in [5.41, 5.74) is -2.35. The Hall–Kier alpha value is -3.22. The number of carbonyl (C=O) groups is 6. The van der Waals surface area contributed by atoms with E-state index in [9.17, 15) is 34.2 Å². The second kappa shape index (κ2) is 18.3. The van der Waals surface area contributed by atoms with Gasteiger partial charge in [0.15, 0.2) is 0 Å². The van der Waals surface area contributed by atoms with Gasteiger partial charge in [-0.15, -0.1) is 0 Å². The normalized spacial score (nSPS) is 32.3. The van der Waals surface area contributed by atoms with Crippen LogP contribution in [0.25, 0.3) is 0 Å². The van der Waals surface area contributed by atoms with Gasteiger partial charge in [0.2, 0.25) is 0 Å². The van der Waals surface area contributed by atoms with Crippen LogP contribution in [0.1, 0.15) is 99.8 Å². The predicted octanol–water partition coefficient (Wildman–Crippen LogP) is 0.834. The molecule has 2 aliphatic carbocycles. The van der Waals surface area contributed by atoms with Crippen LogP contribution in [-0.2, 0) is 47.7 Å². The van der Waals surface area contributed by atoms with Crippen LogP contribution in [0.3, 0.4) is 0 Å². The van der Waals surface area contributed by atoms with E-state index in [4.69, 9.17) is 49.3 Å². The number of esters is 2. The number of aliphatic carboxylic acids is 3. The molecule has 4 heterocycles. The van der Waals surface area contributed by atoms with Gasteiger partial charge in [0, 0.05) is 6.42 Å². The molecule has 0 aromatic heterocycles. The van der Waals surface area contributed by atoms with Crippen LogP contribution in [-0.4, -0.2) is 131 Å². The summed E-state index contributed by atoms with van der Waals surface area (Å²) in [7, 11) is 0. The summed E-state index contributed by atoms with van der Waals surface area (Å²) in [5, 5.41) is 59.3. The van der Waals surface area contributed by atoms with Gasteiger partial charge >= 0.3 is 29.8 Å². The molecule has 6 aliphatic rings. The average molecular weight is 723 g/mol. The van der Waals surface area contributed by atoms with E-state index < -0.39 is 84.3 Å². The number of aliphatic hydroxyl groups is 4. The molecule has 0 aromatic carbocycles. The Labute approximate surface area is 290 Å². The van der Waals surface area contributed by atoms with Crippen molar-refractivity contribution in [3.63, 3.8) is 0 Å². The van der Waals surface area contributed by atoms with Crippen molar-refractivity contribution in [3.8, 4) is 0 Å². The Bertz CT molecular complexity index is 1190. The van der Waals surface area contributed by atoms with Crippen LogP contribution >= 0.6 is 0 Å². The lowest BCUT2D eigenvalue weighted by atomic mass is 9.65. The monoisotopic (exact) mass is 722 g/mol. The van der Waals surface area contributed by atoms with Gasteiger partial charge in [0.25, 0.3) is 0 Å². The SMILES string of the molecule is CC(=O)CCC(=O)OC1CC2CC(OC(=O)CO)C1(C)OC2(C)C.CC1(C)OC2(C)C(O)CC1CC2O.O=C(O)CCC(=O)O.O=C(O)CO. The summed E-state index contributed by atoms with van der Waals surface area (Å²) < 4.78 is 22.8. The van der Waals surface area contributed by atoms with E-state index in [-0.39, 0.29) is 48.9 Å². The van der Waals surface area contributed by atoms with E-state index in [1.54, 1.807) is 13.8 Å². The highest BCUT2D eigenvalue weighted by Gasteiger charge is 2.62. The number of carboxylic acids is 3. The largest absolute Gasteiger partial charge is 0.481 e. The fraction of sp³-hybridized carbons (Fsp3) is 0.818. The summed E-state index contributed by atoms with van der Waals surface area (Å²) in [6.45, 7) is 11.5. The van der Waals surface area contributed by atoms with Crippen LogP contribution in [0.4, 0.5) is 0 Å². The molecule has 6 rings (SSSR count). The number of rotatable bonds is 10. The van der Waals surface area contributed by atoms with E-state index in [0.717, 1.165) is 12.8 Å². The maximum atomic E-state index is 12.0. The van der Waals surface area contributed by atoms with E-state index in [2.05, 4.69) is 0 Å². The quantitative estimate of drug-likeness (QED) is 0.154. The molecule has 288 valence electrons. The molecule has 4 aliphatic heterocycles. The van der Waals surface area contributed by atoms with Crippen LogP contribution in [0.2, 0.25) is 0 Å². The Balaban J connectivity index is 0.000000399. The van der Waals surface area contributed by atoms with Crippen molar-refractivity contribution in [2.75, 3.05) is 13.2 Å². The van der Waals surface area contributed by atoms with Gasteiger partial charge in [0.1, 0.15) is 42.4 Å². The molecule has 0 amide bonds. The van der Waals surface area contributed by atoms with Gasteiger partial charge in [-0.3, -0.25) is 14.4 Å². The van der Waals surface area contributed by atoms with Crippen molar-refractivity contribution in [2.45, 2.75) is 147 Å². The molecule has 7 N–H and O–H groups in total. The molecule has 0 radical (unpaired) electrons. The zero-order valence-corrected chi connectivity index (χ0v) is 29.7. The highest BCUT2D eigenvalue weighted by molar-refractivity contribution is 5.81. The molecular weight excluding hydrogens is 668 g/mol. The van der Waals surface area contributed by atoms with Crippen molar-refractivity contribution in [2.24, 2.45) is 11.8 Å². The number of fused-ring (bicyclic) bond motifs is 6. The Kier molecular flexibility index (Phi) is 16.4. The number of hydrogen-bond donors (Lipinski definition) is 7. The van der Waals surface area contributed by atoms with Crippen molar-refractivity contribution in [3.05, 3.63) is 0 Å². The highest BCUT2D eigenvalue weighted by atomic mass is 16.6. The first kappa shape index (κ1) is 44.8. The fourth-order valence-corrected chi connectivity index (χ4v) is 6.55. The lowest BCUT2D eigenvalue weighted by Crippen LogP contribution is -2.69. The van der Waals surface area contributed by atoms with Gasteiger partial charge in [-0.25, -0.2) is 9.59 Å². The van der Waals surface area contributed by atoms with Gasteiger partial charge in [0.05, 0.1) is 42.7 Å². The Morgan fingerprint density at radius 2 is 0.960 bits per heavy atom. The molecule has 17 heteroatoms. The molecule has 0 aromatic rings. The zero-order valence-electron chi connectivity index (χ0n) is 29.7. The molecule has 6 atom stereocenters. The molecule has 6 fully saturated rings. The maximum Gasteiger partial charge on any atom is 0.332 e. The summed E-state index contributed by atoms with van der Waals surface area (Å²) in [5.74, 6) is -4.27. The smallest absolute Gasteiger partial charge is 0.332 e. The van der Waals surface area contributed by atoms with Crippen LogP contribution in [0.5, 0.6) is 0 Å². The average Bonchev–Trinajstić information content (AvgIpc) is 2.98. The topological polar surface area (TPSA) is 281 Å². The summed E-state index contributed by atoms with van der Waals surface area (Å²) in [6.07, 6.45) is 0.0987. The molecule has 17 nitrogen and oxygen atoms in total. The minimum Gasteiger partial charge on any atom is -0.481 e. The van der Waals surface area contributed by atoms with E-state index in [1.807, 2.05) is 27.7 Å². The van der Waals surface area contributed by atoms with E-state index >= 15 is 0 Å². The summed E-state index contributed by atoms with van der Waals surface area (Å²) >= 11 is 0. The third-order valence-corrected chi connectivity index (χ3v) is 9.59. The highest BCUT2D eigenvalue weighted by Crippen LogP contribution is 2.52. The minimum absolute atomic E-state index is 0.0249. The third kappa shape index (κ3) is 12.5. The molecule has 6 unspecified atom stereocenters. The van der Waals surface area contributed by atoms with Crippen molar-refractivity contribution >= 4 is 35.6 Å². The molecular formula is C33H54O17. The summed E-state index contributed by atoms with van der Waals surface area (Å²) in [4.78, 5) is 62.9. The molecule has 4 saturated heterocycles. The number of aliphatic hydroxyl groups excluding tert-OH is 4. The van der Waals surface area contributed by atoms with Crippen molar-refractivity contribution in [1.29, 1.82) is 0 Å². The van der Waals surface area contributed by atoms with E-state index in [0.29, 0.717) is 12.8 Å². The number of Topliss-reactive ketones (excluding diaryl/α,β-unsaturated/α-hetero) is 1. The Morgan fingerprint density at radius 1 is 0.580 bits per heavy atom. The van der Waals surface area contributed by atoms with E-state index in [1.165, 1.54) is 6.92 Å². The first-order valence-corrected chi connectivity index (χ1v) is 16.4. The first-order valence-electron chi connectivity index (χ1n) is 16.4. The molecule has 4 bridgehead atoms. The number of ketones is 1. The van der Waals surface area contributed by atoms with Gasteiger partial charge in [-0.05, 0) is 86.0 Å². The minimum atomic E-state index is -1.19. The molecule has 2 saturated carbocycles. The standard InChI is InChI=1S/C17H26O7.C10H18O3.C4H6O4.C2H4O3/c1-10(19)5-6-14(20)22-12-7-11-8-13(23-15(21)9-18)17(12,4)24-16(11,2)3;1-9(2)6-4-7(11)10(3,13-9)8(12)5-6;5-3(6)1-2-4(7)8;3-1-2(4)5/h11-13,18H,5-9H2,1-4H3;6-8,11-12H,4-5H2,1-3H3;1-2H2,(H,5,6)(H,7,8);3H,1H2,(H,4,5). The van der Waals surface area contributed by atoms with Crippen LogP contribution in [0.15, 0.2) is 0 Å².